The van der Waals surface area contributed by atoms with E-state index in [1.165, 1.54) is 16.2 Å². The first-order valence-corrected chi connectivity index (χ1v) is 10.7. The fourth-order valence-electron chi connectivity index (χ4n) is 3.02. The van der Waals surface area contributed by atoms with Crippen LogP contribution in [-0.4, -0.2) is 41.9 Å². The van der Waals surface area contributed by atoms with Crippen LogP contribution in [0.15, 0.2) is 30.3 Å². The SMILES string of the molecule is Cc1ccc(C(=O)CCC(=O)CCC(=O)N(C)CC(=O)Nc2c(C)cccc2C)s1. The monoisotopic (exact) mass is 428 g/mol. The molecular formula is C23H28N2O4S. The summed E-state index contributed by atoms with van der Waals surface area (Å²) in [5, 5.41) is 2.84. The van der Waals surface area contributed by atoms with Crippen molar-refractivity contribution < 1.29 is 19.2 Å². The third kappa shape index (κ3) is 6.91. The minimum absolute atomic E-state index is 0.0261. The number of carbonyl (C=O) groups is 4. The number of rotatable bonds is 10. The molecule has 0 aliphatic carbocycles. The third-order valence-corrected chi connectivity index (χ3v) is 5.86. The summed E-state index contributed by atoms with van der Waals surface area (Å²) in [6, 6.07) is 9.39. The molecule has 2 aromatic rings. The van der Waals surface area contributed by atoms with Crippen LogP contribution >= 0.6 is 11.3 Å². The van der Waals surface area contributed by atoms with Crippen LogP contribution in [0.1, 0.15) is 51.4 Å². The summed E-state index contributed by atoms with van der Waals surface area (Å²) in [6.07, 6.45) is 0.373. The van der Waals surface area contributed by atoms with Gasteiger partial charge in [-0.3, -0.25) is 19.2 Å². The lowest BCUT2D eigenvalue weighted by Gasteiger charge is -2.18. The second-order valence-corrected chi connectivity index (χ2v) is 8.72. The van der Waals surface area contributed by atoms with Crippen LogP contribution in [-0.2, 0) is 14.4 Å². The lowest BCUT2D eigenvalue weighted by Crippen LogP contribution is -2.35. The number of thiophene rings is 1. The minimum Gasteiger partial charge on any atom is -0.336 e. The van der Waals surface area contributed by atoms with Crippen LogP contribution in [0.3, 0.4) is 0 Å². The van der Waals surface area contributed by atoms with E-state index in [-0.39, 0.29) is 55.6 Å². The third-order valence-electron chi connectivity index (χ3n) is 4.82. The summed E-state index contributed by atoms with van der Waals surface area (Å²) in [4.78, 5) is 51.7. The van der Waals surface area contributed by atoms with Gasteiger partial charge in [0.25, 0.3) is 0 Å². The summed E-state index contributed by atoms with van der Waals surface area (Å²) in [6.45, 7) is 5.66. The highest BCUT2D eigenvalue weighted by Gasteiger charge is 2.17. The quantitative estimate of drug-likeness (QED) is 0.578. The number of ketones is 2. The van der Waals surface area contributed by atoms with E-state index in [0.29, 0.717) is 4.88 Å². The molecule has 0 spiro atoms. The highest BCUT2D eigenvalue weighted by molar-refractivity contribution is 7.14. The average molecular weight is 429 g/mol. The Morgan fingerprint density at radius 2 is 1.53 bits per heavy atom. The van der Waals surface area contributed by atoms with Crippen LogP contribution in [0.25, 0.3) is 0 Å². The molecule has 2 rings (SSSR count). The molecule has 1 aromatic carbocycles. The number of hydrogen-bond donors (Lipinski definition) is 1. The Hall–Kier alpha value is -2.80. The zero-order valence-corrected chi connectivity index (χ0v) is 18.7. The normalized spacial score (nSPS) is 10.5. The van der Waals surface area contributed by atoms with Gasteiger partial charge in [-0.25, -0.2) is 0 Å². The Bertz CT molecular complexity index is 928. The number of Topliss-reactive ketones (excluding diaryl/α,β-unsaturated/α-hetero) is 2. The van der Waals surface area contributed by atoms with Gasteiger partial charge in [-0.2, -0.15) is 0 Å². The van der Waals surface area contributed by atoms with E-state index in [4.69, 9.17) is 0 Å². The van der Waals surface area contributed by atoms with Crippen LogP contribution in [0, 0.1) is 20.8 Å². The van der Waals surface area contributed by atoms with Crippen LogP contribution in [0.5, 0.6) is 0 Å². The second kappa shape index (κ2) is 10.8. The Balaban J connectivity index is 1.73. The number of carbonyl (C=O) groups excluding carboxylic acids is 4. The number of anilines is 1. The number of hydrogen-bond acceptors (Lipinski definition) is 5. The number of nitrogens with zero attached hydrogens (tertiary/aromatic N) is 1. The van der Waals surface area contributed by atoms with Crippen LogP contribution in [0.4, 0.5) is 5.69 Å². The molecule has 1 aromatic heterocycles. The molecule has 0 unspecified atom stereocenters. The van der Waals surface area contributed by atoms with E-state index in [1.54, 1.807) is 13.1 Å². The highest BCUT2D eigenvalue weighted by Crippen LogP contribution is 2.19. The van der Waals surface area contributed by atoms with Crippen LogP contribution in [0.2, 0.25) is 0 Å². The van der Waals surface area contributed by atoms with Crippen molar-refractivity contribution in [2.75, 3.05) is 18.9 Å². The maximum absolute atomic E-state index is 12.3. The molecular weight excluding hydrogens is 400 g/mol. The molecule has 0 radical (unpaired) electrons. The molecule has 0 aliphatic heterocycles. The summed E-state index contributed by atoms with van der Waals surface area (Å²) in [5.41, 5.74) is 2.66. The van der Waals surface area contributed by atoms with Gasteiger partial charge >= 0.3 is 0 Å². The molecule has 0 aliphatic rings. The summed E-state index contributed by atoms with van der Waals surface area (Å²) < 4.78 is 0. The Morgan fingerprint density at radius 3 is 2.13 bits per heavy atom. The van der Waals surface area contributed by atoms with E-state index < -0.39 is 0 Å². The molecule has 0 bridgehead atoms. The molecule has 2 amide bonds. The van der Waals surface area contributed by atoms with Crippen molar-refractivity contribution in [3.8, 4) is 0 Å². The summed E-state index contributed by atoms with van der Waals surface area (Å²) >= 11 is 1.42. The molecule has 0 atom stereocenters. The topological polar surface area (TPSA) is 83.6 Å². The molecule has 6 nitrogen and oxygen atoms in total. The zero-order valence-electron chi connectivity index (χ0n) is 17.9. The van der Waals surface area contributed by atoms with Crippen molar-refractivity contribution in [3.05, 3.63) is 51.2 Å². The fraction of sp³-hybridized carbons (Fsp3) is 0.391. The molecule has 7 heteroatoms. The van der Waals surface area contributed by atoms with Crippen molar-refractivity contribution in [1.82, 2.24) is 4.90 Å². The predicted octanol–water partition coefficient (Wildman–Crippen LogP) is 4.08. The maximum atomic E-state index is 12.3. The Kier molecular flexibility index (Phi) is 8.47. The largest absolute Gasteiger partial charge is 0.336 e. The molecule has 160 valence electrons. The number of nitrogens with one attached hydrogen (secondary N) is 1. The van der Waals surface area contributed by atoms with Crippen molar-refractivity contribution in [1.29, 1.82) is 0 Å². The van der Waals surface area contributed by atoms with Gasteiger partial charge < -0.3 is 10.2 Å². The molecule has 0 fully saturated rings. The lowest BCUT2D eigenvalue weighted by atomic mass is 10.1. The molecule has 1 N–H and O–H groups in total. The van der Waals surface area contributed by atoms with E-state index in [9.17, 15) is 19.2 Å². The zero-order chi connectivity index (χ0) is 22.3. The van der Waals surface area contributed by atoms with Crippen molar-refractivity contribution in [2.45, 2.75) is 46.5 Å². The van der Waals surface area contributed by atoms with Gasteiger partial charge in [0.05, 0.1) is 11.4 Å². The van der Waals surface area contributed by atoms with E-state index in [2.05, 4.69) is 5.32 Å². The van der Waals surface area contributed by atoms with Crippen molar-refractivity contribution in [2.24, 2.45) is 0 Å². The molecule has 30 heavy (non-hydrogen) atoms. The standard InChI is InChI=1S/C23H28N2O4S/c1-15-6-5-7-16(2)23(15)24-21(28)14-25(4)22(29)13-10-18(26)9-11-19(27)20-12-8-17(3)30-20/h5-8,12H,9-11,13-14H2,1-4H3,(H,24,28). The fourth-order valence-corrected chi connectivity index (χ4v) is 3.85. The summed E-state index contributed by atoms with van der Waals surface area (Å²) in [5.74, 6) is -0.738. The minimum atomic E-state index is -0.286. The van der Waals surface area contributed by atoms with E-state index in [0.717, 1.165) is 21.7 Å². The first-order valence-electron chi connectivity index (χ1n) is 9.88. The van der Waals surface area contributed by atoms with Gasteiger partial charge in [-0.1, -0.05) is 18.2 Å². The predicted molar refractivity (Wildman–Crippen MR) is 119 cm³/mol. The Morgan fingerprint density at radius 1 is 0.900 bits per heavy atom. The van der Waals surface area contributed by atoms with Gasteiger partial charge in [-0.05, 0) is 44.0 Å². The van der Waals surface area contributed by atoms with Crippen LogP contribution < -0.4 is 5.32 Å². The van der Waals surface area contributed by atoms with Gasteiger partial charge in [-0.15, -0.1) is 11.3 Å². The van der Waals surface area contributed by atoms with Gasteiger partial charge in [0.1, 0.15) is 5.78 Å². The Labute approximate surface area is 181 Å². The summed E-state index contributed by atoms with van der Waals surface area (Å²) in [7, 11) is 1.54. The van der Waals surface area contributed by atoms with Gasteiger partial charge in [0, 0.05) is 43.3 Å². The van der Waals surface area contributed by atoms with Crippen molar-refractivity contribution in [3.63, 3.8) is 0 Å². The highest BCUT2D eigenvalue weighted by atomic mass is 32.1. The van der Waals surface area contributed by atoms with E-state index in [1.807, 2.05) is 45.0 Å². The second-order valence-electron chi connectivity index (χ2n) is 7.44. The van der Waals surface area contributed by atoms with E-state index >= 15 is 0 Å². The molecule has 0 saturated heterocycles. The number of likely N-dealkylation sites (N-methyl/N-ethyl adjacent to an activating group) is 1. The number of benzene rings is 1. The number of para-hydroxylation sites is 1. The van der Waals surface area contributed by atoms with Gasteiger partial charge in [0.2, 0.25) is 11.8 Å². The average Bonchev–Trinajstić information content (AvgIpc) is 3.13. The smallest absolute Gasteiger partial charge is 0.243 e. The molecule has 1 heterocycles. The van der Waals surface area contributed by atoms with Crippen molar-refractivity contribution >= 4 is 40.4 Å². The number of amides is 2. The van der Waals surface area contributed by atoms with Gasteiger partial charge in [0.15, 0.2) is 5.78 Å². The maximum Gasteiger partial charge on any atom is 0.243 e. The first-order chi connectivity index (χ1) is 14.2. The lowest BCUT2D eigenvalue weighted by molar-refractivity contribution is -0.134. The number of aryl methyl sites for hydroxylation is 3. The first kappa shape index (κ1) is 23.5. The molecule has 0 saturated carbocycles.